The van der Waals surface area contributed by atoms with Gasteiger partial charge in [0.1, 0.15) is 12.0 Å². The van der Waals surface area contributed by atoms with Crippen molar-refractivity contribution in [2.45, 2.75) is 6.92 Å². The minimum atomic E-state index is -1.29. The second kappa shape index (κ2) is 5.33. The molecule has 0 fully saturated rings. The van der Waals surface area contributed by atoms with Crippen LogP contribution in [-0.4, -0.2) is 20.8 Å². The highest BCUT2D eigenvalue weighted by Gasteiger charge is 2.11. The van der Waals surface area contributed by atoms with E-state index in [2.05, 4.69) is 4.98 Å². The number of carboxylic acid groups (broad SMARTS) is 1. The SMILES string of the molecule is Cc1c(-c2ccc(-c3cocn3)cc2)ccn(C(=O)O)c1=O. The van der Waals surface area contributed by atoms with Crippen molar-refractivity contribution < 1.29 is 14.3 Å². The molecule has 0 saturated heterocycles. The van der Waals surface area contributed by atoms with Gasteiger partial charge >= 0.3 is 6.09 Å². The van der Waals surface area contributed by atoms with E-state index in [0.29, 0.717) is 15.7 Å². The van der Waals surface area contributed by atoms with Gasteiger partial charge < -0.3 is 9.52 Å². The molecule has 6 nitrogen and oxygen atoms in total. The summed E-state index contributed by atoms with van der Waals surface area (Å²) in [6.07, 6.45) is 2.88. The molecule has 110 valence electrons. The van der Waals surface area contributed by atoms with Gasteiger partial charge in [0.2, 0.25) is 0 Å². The van der Waals surface area contributed by atoms with E-state index in [-0.39, 0.29) is 0 Å². The molecule has 2 heterocycles. The molecule has 0 saturated carbocycles. The van der Waals surface area contributed by atoms with E-state index in [1.54, 1.807) is 19.3 Å². The maximum absolute atomic E-state index is 12.0. The molecule has 2 aromatic heterocycles. The van der Waals surface area contributed by atoms with Crippen LogP contribution in [0.3, 0.4) is 0 Å². The first-order chi connectivity index (χ1) is 10.6. The summed E-state index contributed by atoms with van der Waals surface area (Å²) >= 11 is 0. The first-order valence-corrected chi connectivity index (χ1v) is 6.52. The zero-order valence-electron chi connectivity index (χ0n) is 11.7. The molecule has 1 N–H and O–H groups in total. The van der Waals surface area contributed by atoms with Crippen LogP contribution in [0.1, 0.15) is 5.56 Å². The van der Waals surface area contributed by atoms with E-state index < -0.39 is 11.7 Å². The van der Waals surface area contributed by atoms with E-state index in [1.807, 2.05) is 24.3 Å². The van der Waals surface area contributed by atoms with Gasteiger partial charge in [-0.3, -0.25) is 4.79 Å². The van der Waals surface area contributed by atoms with Gasteiger partial charge in [-0.25, -0.2) is 14.3 Å². The minimum absolute atomic E-state index is 0.388. The number of rotatable bonds is 2. The average molecular weight is 296 g/mol. The molecule has 0 bridgehead atoms. The van der Waals surface area contributed by atoms with E-state index in [1.165, 1.54) is 12.6 Å². The molecule has 0 atom stereocenters. The lowest BCUT2D eigenvalue weighted by Crippen LogP contribution is -2.27. The third-order valence-corrected chi connectivity index (χ3v) is 3.46. The molecule has 3 rings (SSSR count). The molecule has 22 heavy (non-hydrogen) atoms. The van der Waals surface area contributed by atoms with Crippen LogP contribution < -0.4 is 5.56 Å². The lowest BCUT2D eigenvalue weighted by atomic mass is 10.0. The fourth-order valence-electron chi connectivity index (χ4n) is 2.28. The molecule has 1 aromatic carbocycles. The van der Waals surface area contributed by atoms with Crippen molar-refractivity contribution in [3.63, 3.8) is 0 Å². The first kappa shape index (κ1) is 13.8. The predicted molar refractivity (Wildman–Crippen MR) is 79.8 cm³/mol. The number of hydrogen-bond donors (Lipinski definition) is 1. The molecule has 0 aliphatic heterocycles. The summed E-state index contributed by atoms with van der Waals surface area (Å²) in [4.78, 5) is 27.0. The van der Waals surface area contributed by atoms with Gasteiger partial charge in [-0.2, -0.15) is 0 Å². The fraction of sp³-hybridized carbons (Fsp3) is 0.0625. The van der Waals surface area contributed by atoms with Crippen molar-refractivity contribution in [3.05, 3.63) is 65.1 Å². The number of hydrogen-bond acceptors (Lipinski definition) is 4. The number of benzene rings is 1. The second-order valence-corrected chi connectivity index (χ2v) is 4.76. The van der Waals surface area contributed by atoms with Gasteiger partial charge in [0.25, 0.3) is 5.56 Å². The van der Waals surface area contributed by atoms with E-state index >= 15 is 0 Å². The van der Waals surface area contributed by atoms with Crippen molar-refractivity contribution >= 4 is 6.09 Å². The maximum atomic E-state index is 12.0. The Morgan fingerprint density at radius 2 is 1.86 bits per heavy atom. The molecular formula is C16H12N2O4. The lowest BCUT2D eigenvalue weighted by molar-refractivity contribution is 0.195. The Bertz CT molecular complexity index is 878. The molecule has 0 spiro atoms. The molecule has 3 aromatic rings. The van der Waals surface area contributed by atoms with Crippen molar-refractivity contribution in [1.29, 1.82) is 0 Å². The van der Waals surface area contributed by atoms with Crippen LogP contribution in [0.5, 0.6) is 0 Å². The van der Waals surface area contributed by atoms with Crippen LogP contribution in [-0.2, 0) is 0 Å². The topological polar surface area (TPSA) is 85.3 Å². The molecule has 0 unspecified atom stereocenters. The van der Waals surface area contributed by atoms with Crippen LogP contribution in [0.25, 0.3) is 22.4 Å². The van der Waals surface area contributed by atoms with Crippen LogP contribution >= 0.6 is 0 Å². The van der Waals surface area contributed by atoms with Gasteiger partial charge in [-0.15, -0.1) is 0 Å². The fourth-order valence-corrected chi connectivity index (χ4v) is 2.28. The Morgan fingerprint density at radius 3 is 2.45 bits per heavy atom. The highest BCUT2D eigenvalue weighted by molar-refractivity contribution is 5.73. The van der Waals surface area contributed by atoms with Crippen LogP contribution in [0.15, 0.2) is 58.4 Å². The monoisotopic (exact) mass is 296 g/mol. The quantitative estimate of drug-likeness (QED) is 0.785. The molecule has 0 amide bonds. The van der Waals surface area contributed by atoms with Crippen LogP contribution in [0.4, 0.5) is 4.79 Å². The van der Waals surface area contributed by atoms with Gasteiger partial charge in [-0.1, -0.05) is 24.3 Å². The largest absolute Gasteiger partial charge is 0.464 e. The smallest absolute Gasteiger partial charge is 0.418 e. The zero-order chi connectivity index (χ0) is 15.7. The summed E-state index contributed by atoms with van der Waals surface area (Å²) in [6, 6.07) is 9.08. The van der Waals surface area contributed by atoms with Gasteiger partial charge in [0.05, 0.1) is 0 Å². The van der Waals surface area contributed by atoms with Gasteiger partial charge in [0, 0.05) is 17.3 Å². The van der Waals surface area contributed by atoms with Crippen molar-refractivity contribution in [2.24, 2.45) is 0 Å². The third kappa shape index (κ3) is 2.31. The number of nitrogens with zero attached hydrogens (tertiary/aromatic N) is 2. The Balaban J connectivity index is 2.03. The van der Waals surface area contributed by atoms with Crippen molar-refractivity contribution in [3.8, 4) is 22.4 Å². The third-order valence-electron chi connectivity index (χ3n) is 3.46. The highest BCUT2D eigenvalue weighted by atomic mass is 16.4. The zero-order valence-corrected chi connectivity index (χ0v) is 11.7. The number of pyridine rings is 1. The number of aromatic nitrogens is 2. The lowest BCUT2D eigenvalue weighted by Gasteiger charge is -2.08. The predicted octanol–water partition coefficient (Wildman–Crippen LogP) is 3.00. The van der Waals surface area contributed by atoms with Gasteiger partial charge in [0.15, 0.2) is 6.39 Å². The standard InChI is InChI=1S/C16H12N2O4/c1-10-13(6-7-18(15(10)19)16(20)21)11-2-4-12(5-3-11)14-8-22-9-17-14/h2-9H,1H3,(H,20,21). The summed E-state index contributed by atoms with van der Waals surface area (Å²) in [5.74, 6) is 0. The van der Waals surface area contributed by atoms with Crippen molar-refractivity contribution in [2.75, 3.05) is 0 Å². The minimum Gasteiger partial charge on any atom is -0.464 e. The Hall–Kier alpha value is -3.15. The highest BCUT2D eigenvalue weighted by Crippen LogP contribution is 2.24. The molecule has 0 aliphatic rings. The van der Waals surface area contributed by atoms with Crippen LogP contribution in [0, 0.1) is 6.92 Å². The summed E-state index contributed by atoms with van der Waals surface area (Å²) in [5, 5.41) is 8.94. The maximum Gasteiger partial charge on any atom is 0.418 e. The summed E-state index contributed by atoms with van der Waals surface area (Å²) in [5.41, 5.74) is 3.01. The summed E-state index contributed by atoms with van der Waals surface area (Å²) in [6.45, 7) is 1.61. The molecular weight excluding hydrogens is 284 g/mol. The molecule has 0 radical (unpaired) electrons. The van der Waals surface area contributed by atoms with E-state index in [0.717, 1.165) is 16.8 Å². The molecule has 0 aliphatic carbocycles. The van der Waals surface area contributed by atoms with Crippen molar-refractivity contribution in [1.82, 2.24) is 9.55 Å². The second-order valence-electron chi connectivity index (χ2n) is 4.76. The number of oxazole rings is 1. The van der Waals surface area contributed by atoms with Gasteiger partial charge in [-0.05, 0) is 24.1 Å². The van der Waals surface area contributed by atoms with E-state index in [4.69, 9.17) is 9.52 Å². The number of carbonyl (C=O) groups is 1. The Kier molecular flexibility index (Phi) is 3.34. The first-order valence-electron chi connectivity index (χ1n) is 6.52. The molecule has 6 heteroatoms. The Morgan fingerprint density at radius 1 is 1.18 bits per heavy atom. The average Bonchev–Trinajstić information content (AvgIpc) is 3.04. The van der Waals surface area contributed by atoms with E-state index in [9.17, 15) is 9.59 Å². The summed E-state index contributed by atoms with van der Waals surface area (Å²) < 4.78 is 5.61. The summed E-state index contributed by atoms with van der Waals surface area (Å²) in [7, 11) is 0. The normalized spacial score (nSPS) is 10.6. The Labute approximate surface area is 125 Å². The van der Waals surface area contributed by atoms with Crippen LogP contribution in [0.2, 0.25) is 0 Å².